The second-order valence-corrected chi connectivity index (χ2v) is 5.10. The molecule has 0 radical (unpaired) electrons. The molecule has 0 bridgehead atoms. The van der Waals surface area contributed by atoms with E-state index >= 15 is 0 Å². The molecule has 0 saturated heterocycles. The number of unbranched alkanes of at least 4 members (excludes halogenated alkanes) is 3. The van der Waals surface area contributed by atoms with Crippen LogP contribution in [0.15, 0.2) is 48.7 Å². The standard InChI is InChI=1S/C18H23NO2/c1-16-11-12-18(19-15-16)21-14-8-3-2-7-13-20-17-9-5-4-6-10-17/h4-6,9-12,15H,2-3,7-8,13-14H2,1H3. The van der Waals surface area contributed by atoms with Gasteiger partial charge in [0.2, 0.25) is 5.88 Å². The van der Waals surface area contributed by atoms with Crippen LogP contribution in [0.1, 0.15) is 31.2 Å². The first-order chi connectivity index (χ1) is 10.3. The monoisotopic (exact) mass is 285 g/mol. The molecule has 0 aliphatic heterocycles. The van der Waals surface area contributed by atoms with E-state index in [9.17, 15) is 0 Å². The molecule has 0 atom stereocenters. The molecule has 0 saturated carbocycles. The molecule has 0 aliphatic carbocycles. The summed E-state index contributed by atoms with van der Waals surface area (Å²) in [6, 6.07) is 13.9. The van der Waals surface area contributed by atoms with Crippen LogP contribution in [0, 0.1) is 6.92 Å². The van der Waals surface area contributed by atoms with Gasteiger partial charge in [-0.25, -0.2) is 4.98 Å². The van der Waals surface area contributed by atoms with E-state index in [1.165, 1.54) is 0 Å². The minimum absolute atomic E-state index is 0.716. The van der Waals surface area contributed by atoms with Gasteiger partial charge < -0.3 is 9.47 Å². The zero-order chi connectivity index (χ0) is 14.8. The highest BCUT2D eigenvalue weighted by Gasteiger charge is 1.96. The second kappa shape index (κ2) is 9.01. The third-order valence-electron chi connectivity index (χ3n) is 3.18. The van der Waals surface area contributed by atoms with E-state index in [4.69, 9.17) is 9.47 Å². The first kappa shape index (κ1) is 15.4. The number of aryl methyl sites for hydroxylation is 1. The highest BCUT2D eigenvalue weighted by atomic mass is 16.5. The van der Waals surface area contributed by atoms with Gasteiger partial charge in [-0.2, -0.15) is 0 Å². The molecular weight excluding hydrogens is 262 g/mol. The Bertz CT molecular complexity index is 496. The quantitative estimate of drug-likeness (QED) is 0.640. The van der Waals surface area contributed by atoms with E-state index in [0.717, 1.165) is 50.2 Å². The van der Waals surface area contributed by atoms with Crippen LogP contribution in [0.3, 0.4) is 0 Å². The molecular formula is C18H23NO2. The molecule has 0 fully saturated rings. The molecule has 0 N–H and O–H groups in total. The number of nitrogens with zero attached hydrogens (tertiary/aromatic N) is 1. The molecule has 2 aromatic rings. The van der Waals surface area contributed by atoms with Crippen molar-refractivity contribution in [1.29, 1.82) is 0 Å². The lowest BCUT2D eigenvalue weighted by atomic mass is 10.2. The number of pyridine rings is 1. The number of ether oxygens (including phenoxy) is 2. The average Bonchev–Trinajstić information content (AvgIpc) is 2.53. The Kier molecular flexibility index (Phi) is 6.59. The fraction of sp³-hybridized carbons (Fsp3) is 0.389. The summed E-state index contributed by atoms with van der Waals surface area (Å²) in [4.78, 5) is 4.22. The molecule has 2 rings (SSSR count). The Balaban J connectivity index is 1.46. The van der Waals surface area contributed by atoms with Gasteiger partial charge in [-0.05, 0) is 50.3 Å². The van der Waals surface area contributed by atoms with Crippen LogP contribution in [0.5, 0.6) is 11.6 Å². The summed E-state index contributed by atoms with van der Waals surface area (Å²) in [5.74, 6) is 1.67. The predicted molar refractivity (Wildman–Crippen MR) is 84.9 cm³/mol. The van der Waals surface area contributed by atoms with Gasteiger partial charge in [0.1, 0.15) is 5.75 Å². The Morgan fingerprint density at radius 3 is 2.19 bits per heavy atom. The number of rotatable bonds is 9. The van der Waals surface area contributed by atoms with E-state index in [2.05, 4.69) is 4.98 Å². The average molecular weight is 285 g/mol. The Labute approximate surface area is 126 Å². The van der Waals surface area contributed by atoms with E-state index < -0.39 is 0 Å². The number of aromatic nitrogens is 1. The Hall–Kier alpha value is -2.03. The zero-order valence-electron chi connectivity index (χ0n) is 12.6. The topological polar surface area (TPSA) is 31.4 Å². The van der Waals surface area contributed by atoms with Crippen LogP contribution in [0.2, 0.25) is 0 Å². The molecule has 0 unspecified atom stereocenters. The molecule has 1 aromatic carbocycles. The first-order valence-corrected chi connectivity index (χ1v) is 7.58. The van der Waals surface area contributed by atoms with Crippen molar-refractivity contribution >= 4 is 0 Å². The molecule has 1 aromatic heterocycles. The third kappa shape index (κ3) is 6.30. The van der Waals surface area contributed by atoms with Crippen LogP contribution in [-0.4, -0.2) is 18.2 Å². The largest absolute Gasteiger partial charge is 0.494 e. The maximum Gasteiger partial charge on any atom is 0.213 e. The van der Waals surface area contributed by atoms with Crippen LogP contribution in [0.25, 0.3) is 0 Å². The fourth-order valence-electron chi connectivity index (χ4n) is 1.98. The highest BCUT2D eigenvalue weighted by molar-refractivity contribution is 5.20. The lowest BCUT2D eigenvalue weighted by Crippen LogP contribution is -2.00. The van der Waals surface area contributed by atoms with Crippen molar-refractivity contribution in [3.63, 3.8) is 0 Å². The summed E-state index contributed by atoms with van der Waals surface area (Å²) >= 11 is 0. The van der Waals surface area contributed by atoms with Crippen molar-refractivity contribution < 1.29 is 9.47 Å². The van der Waals surface area contributed by atoms with E-state index in [1.54, 1.807) is 0 Å². The van der Waals surface area contributed by atoms with Crippen molar-refractivity contribution in [3.05, 3.63) is 54.2 Å². The van der Waals surface area contributed by atoms with Gasteiger partial charge in [0.15, 0.2) is 0 Å². The molecule has 21 heavy (non-hydrogen) atoms. The van der Waals surface area contributed by atoms with Gasteiger partial charge in [-0.1, -0.05) is 24.3 Å². The normalized spacial score (nSPS) is 10.3. The summed E-state index contributed by atoms with van der Waals surface area (Å²) in [6.45, 7) is 3.54. The molecule has 3 nitrogen and oxygen atoms in total. The van der Waals surface area contributed by atoms with Crippen LogP contribution < -0.4 is 9.47 Å². The number of para-hydroxylation sites is 1. The Morgan fingerprint density at radius 2 is 1.52 bits per heavy atom. The maximum atomic E-state index is 5.65. The smallest absolute Gasteiger partial charge is 0.213 e. The number of benzene rings is 1. The van der Waals surface area contributed by atoms with Crippen LogP contribution in [-0.2, 0) is 0 Å². The summed E-state index contributed by atoms with van der Waals surface area (Å²) in [5.41, 5.74) is 1.15. The van der Waals surface area contributed by atoms with E-state index in [0.29, 0.717) is 5.88 Å². The summed E-state index contributed by atoms with van der Waals surface area (Å²) in [6.07, 6.45) is 6.29. The van der Waals surface area contributed by atoms with E-state index in [-0.39, 0.29) is 0 Å². The molecule has 0 amide bonds. The van der Waals surface area contributed by atoms with Gasteiger partial charge in [0.25, 0.3) is 0 Å². The first-order valence-electron chi connectivity index (χ1n) is 7.58. The van der Waals surface area contributed by atoms with Gasteiger partial charge in [0, 0.05) is 12.3 Å². The maximum absolute atomic E-state index is 5.65. The van der Waals surface area contributed by atoms with Crippen molar-refractivity contribution in [1.82, 2.24) is 4.98 Å². The van der Waals surface area contributed by atoms with Gasteiger partial charge in [0.05, 0.1) is 13.2 Å². The predicted octanol–water partition coefficient (Wildman–Crippen LogP) is 4.41. The number of hydrogen-bond donors (Lipinski definition) is 0. The van der Waals surface area contributed by atoms with Crippen molar-refractivity contribution in [3.8, 4) is 11.6 Å². The lowest BCUT2D eigenvalue weighted by Gasteiger charge is -2.06. The van der Waals surface area contributed by atoms with Gasteiger partial charge in [-0.15, -0.1) is 0 Å². The summed E-state index contributed by atoms with van der Waals surface area (Å²) in [7, 11) is 0. The third-order valence-corrected chi connectivity index (χ3v) is 3.18. The minimum Gasteiger partial charge on any atom is -0.494 e. The Morgan fingerprint density at radius 1 is 0.810 bits per heavy atom. The van der Waals surface area contributed by atoms with Crippen molar-refractivity contribution in [2.45, 2.75) is 32.6 Å². The minimum atomic E-state index is 0.716. The molecule has 112 valence electrons. The van der Waals surface area contributed by atoms with Gasteiger partial charge in [-0.3, -0.25) is 0 Å². The zero-order valence-corrected chi connectivity index (χ0v) is 12.6. The van der Waals surface area contributed by atoms with Crippen molar-refractivity contribution in [2.24, 2.45) is 0 Å². The molecule has 1 heterocycles. The molecule has 0 aliphatic rings. The van der Waals surface area contributed by atoms with E-state index in [1.807, 2.05) is 55.6 Å². The van der Waals surface area contributed by atoms with Crippen LogP contribution >= 0.6 is 0 Å². The molecule has 0 spiro atoms. The molecule has 3 heteroatoms. The number of hydrogen-bond acceptors (Lipinski definition) is 3. The van der Waals surface area contributed by atoms with Crippen LogP contribution in [0.4, 0.5) is 0 Å². The highest BCUT2D eigenvalue weighted by Crippen LogP contribution is 2.10. The fourth-order valence-corrected chi connectivity index (χ4v) is 1.98. The lowest BCUT2D eigenvalue weighted by molar-refractivity contribution is 0.281. The summed E-state index contributed by atoms with van der Waals surface area (Å²) in [5, 5.41) is 0. The SMILES string of the molecule is Cc1ccc(OCCCCCCOc2ccccc2)nc1. The second-order valence-electron chi connectivity index (χ2n) is 5.10. The van der Waals surface area contributed by atoms with Gasteiger partial charge >= 0.3 is 0 Å². The van der Waals surface area contributed by atoms with Crippen molar-refractivity contribution in [2.75, 3.05) is 13.2 Å². The summed E-state index contributed by atoms with van der Waals surface area (Å²) < 4.78 is 11.2.